The van der Waals surface area contributed by atoms with Crippen LogP contribution in [-0.2, 0) is 0 Å². The molecule has 2 N–H and O–H groups in total. The zero-order chi connectivity index (χ0) is 21.9. The van der Waals surface area contributed by atoms with Gasteiger partial charge in [-0.15, -0.1) is 0 Å². The minimum Gasteiger partial charge on any atom is -0.354 e. The van der Waals surface area contributed by atoms with Crippen molar-refractivity contribution in [2.75, 3.05) is 0 Å². The lowest BCUT2D eigenvalue weighted by Crippen LogP contribution is -1.94. The number of para-hydroxylation sites is 4. The number of benzene rings is 4. The first-order valence-electron chi connectivity index (χ1n) is 10.8. The van der Waals surface area contributed by atoms with Gasteiger partial charge in [0.15, 0.2) is 5.82 Å². The normalized spacial score (nSPS) is 11.8. The molecule has 0 aliphatic carbocycles. The van der Waals surface area contributed by atoms with Crippen molar-refractivity contribution < 1.29 is 0 Å². The Hall–Kier alpha value is -4.15. The summed E-state index contributed by atoms with van der Waals surface area (Å²) in [4.78, 5) is 16.7. The highest BCUT2D eigenvalue weighted by Gasteiger charge is 2.16. The van der Waals surface area contributed by atoms with E-state index in [1.54, 1.807) is 0 Å². The highest BCUT2D eigenvalue weighted by atomic mass is 35.5. The third-order valence-electron chi connectivity index (χ3n) is 6.29. The van der Waals surface area contributed by atoms with E-state index in [1.165, 1.54) is 10.8 Å². The van der Waals surface area contributed by atoms with Crippen molar-refractivity contribution in [2.24, 2.45) is 0 Å². The van der Waals surface area contributed by atoms with Crippen LogP contribution in [0.5, 0.6) is 0 Å². The molecule has 0 fully saturated rings. The molecule has 7 rings (SSSR count). The fourth-order valence-electron chi connectivity index (χ4n) is 4.82. The Kier molecular flexibility index (Phi) is 3.87. The molecule has 0 aliphatic rings. The maximum Gasteiger partial charge on any atom is 0.163 e. The predicted molar refractivity (Wildman–Crippen MR) is 137 cm³/mol. The average Bonchev–Trinajstić information content (AvgIpc) is 3.42. The van der Waals surface area contributed by atoms with E-state index in [0.717, 1.165) is 49.7 Å². The molecule has 0 unspecified atom stereocenters. The van der Waals surface area contributed by atoms with E-state index in [-0.39, 0.29) is 0 Å². The molecule has 0 saturated carbocycles. The van der Waals surface area contributed by atoms with Gasteiger partial charge in [-0.3, -0.25) is 0 Å². The summed E-state index contributed by atoms with van der Waals surface area (Å²) in [6.45, 7) is 0. The van der Waals surface area contributed by atoms with Gasteiger partial charge in [-0.2, -0.15) is 0 Å². The first-order valence-corrected chi connectivity index (χ1v) is 11.2. The molecule has 7 aromatic rings. The summed E-state index contributed by atoms with van der Waals surface area (Å²) < 4.78 is 0. The molecule has 0 radical (unpaired) electrons. The molecule has 0 amide bonds. The van der Waals surface area contributed by atoms with Crippen molar-refractivity contribution in [1.82, 2.24) is 19.9 Å². The number of hydrogen-bond acceptors (Lipinski definition) is 2. The van der Waals surface area contributed by atoms with Crippen molar-refractivity contribution in [2.45, 2.75) is 0 Å². The summed E-state index contributed by atoms with van der Waals surface area (Å²) in [5, 5.41) is 5.09. The molecule has 0 aliphatic heterocycles. The first-order chi connectivity index (χ1) is 16.3. The van der Waals surface area contributed by atoms with Crippen LogP contribution in [0.2, 0.25) is 5.15 Å². The molecule has 156 valence electrons. The minimum absolute atomic E-state index is 0.413. The summed E-state index contributed by atoms with van der Waals surface area (Å²) in [7, 11) is 0. The number of halogens is 1. The molecule has 3 aromatic heterocycles. The van der Waals surface area contributed by atoms with E-state index in [4.69, 9.17) is 16.6 Å². The molecule has 4 nitrogen and oxygen atoms in total. The number of fused-ring (bicyclic) bond motifs is 6. The van der Waals surface area contributed by atoms with E-state index < -0.39 is 0 Å². The third-order valence-corrected chi connectivity index (χ3v) is 6.49. The van der Waals surface area contributed by atoms with Crippen LogP contribution >= 0.6 is 11.6 Å². The highest BCUT2D eigenvalue weighted by molar-refractivity contribution is 6.30. The van der Waals surface area contributed by atoms with Crippen LogP contribution in [0.1, 0.15) is 0 Å². The molecule has 3 heterocycles. The van der Waals surface area contributed by atoms with Crippen molar-refractivity contribution in [3.05, 3.63) is 96.1 Å². The number of H-pyrrole nitrogens is 2. The Bertz CT molecular complexity index is 1710. The van der Waals surface area contributed by atoms with E-state index in [9.17, 15) is 0 Å². The fourth-order valence-corrected chi connectivity index (χ4v) is 5.01. The Morgan fingerprint density at radius 2 is 1.09 bits per heavy atom. The number of aromatic amines is 2. The molecule has 33 heavy (non-hydrogen) atoms. The van der Waals surface area contributed by atoms with Gasteiger partial charge in [0.2, 0.25) is 0 Å². The molecule has 0 spiro atoms. The Labute approximate surface area is 193 Å². The van der Waals surface area contributed by atoms with Gasteiger partial charge in [-0.05, 0) is 18.2 Å². The van der Waals surface area contributed by atoms with Gasteiger partial charge in [0.05, 0.1) is 16.7 Å². The number of rotatable bonds is 2. The summed E-state index contributed by atoms with van der Waals surface area (Å²) >= 11 is 6.54. The van der Waals surface area contributed by atoms with Crippen molar-refractivity contribution in [3.63, 3.8) is 0 Å². The van der Waals surface area contributed by atoms with Gasteiger partial charge in [-0.1, -0.05) is 78.3 Å². The van der Waals surface area contributed by atoms with E-state index >= 15 is 0 Å². The summed E-state index contributed by atoms with van der Waals surface area (Å²) in [5.74, 6) is 0.600. The van der Waals surface area contributed by atoms with Crippen LogP contribution < -0.4 is 0 Å². The standard InChI is InChI=1S/C28H17ClN4/c29-25-15-24(20-11-5-9-18-16-7-1-3-13-22(16)30-26(18)20)32-28(33-25)21-12-6-10-19-17-8-2-4-14-23(17)31-27(19)21/h1-15,30-31H. The van der Waals surface area contributed by atoms with Gasteiger partial charge < -0.3 is 9.97 Å². The van der Waals surface area contributed by atoms with Crippen LogP contribution in [0.15, 0.2) is 91.0 Å². The largest absolute Gasteiger partial charge is 0.354 e. The second-order valence-corrected chi connectivity index (χ2v) is 8.58. The molecule has 0 atom stereocenters. The van der Waals surface area contributed by atoms with Crippen LogP contribution in [0.3, 0.4) is 0 Å². The lowest BCUT2D eigenvalue weighted by molar-refractivity contribution is 1.18. The Balaban J connectivity index is 1.48. The van der Waals surface area contributed by atoms with Crippen LogP contribution in [-0.4, -0.2) is 19.9 Å². The summed E-state index contributed by atoms with van der Waals surface area (Å²) in [6, 6.07) is 30.9. The lowest BCUT2D eigenvalue weighted by atomic mass is 10.1. The number of nitrogens with one attached hydrogen (secondary N) is 2. The van der Waals surface area contributed by atoms with E-state index in [0.29, 0.717) is 11.0 Å². The molecular weight excluding hydrogens is 428 g/mol. The molecule has 5 heteroatoms. The Morgan fingerprint density at radius 1 is 0.545 bits per heavy atom. The quantitative estimate of drug-likeness (QED) is 0.268. The van der Waals surface area contributed by atoms with Gasteiger partial charge >= 0.3 is 0 Å². The SMILES string of the molecule is Clc1cc(-c2cccc3c2[nH]c2ccccc23)nc(-c2cccc3c2[nH]c2ccccc23)n1. The predicted octanol–water partition coefficient (Wildman–Crippen LogP) is 7.73. The molecule has 4 aromatic carbocycles. The van der Waals surface area contributed by atoms with Crippen molar-refractivity contribution in [3.8, 4) is 22.6 Å². The Morgan fingerprint density at radius 3 is 1.76 bits per heavy atom. The molecular formula is C28H17ClN4. The topological polar surface area (TPSA) is 57.4 Å². The second kappa shape index (κ2) is 6.92. The molecule has 0 bridgehead atoms. The van der Waals surface area contributed by atoms with Crippen LogP contribution in [0.4, 0.5) is 0 Å². The van der Waals surface area contributed by atoms with Crippen molar-refractivity contribution in [1.29, 1.82) is 0 Å². The van der Waals surface area contributed by atoms with E-state index in [1.807, 2.05) is 30.3 Å². The van der Waals surface area contributed by atoms with E-state index in [2.05, 4.69) is 75.6 Å². The highest BCUT2D eigenvalue weighted by Crippen LogP contribution is 2.36. The smallest absolute Gasteiger partial charge is 0.163 e. The van der Waals surface area contributed by atoms with Gasteiger partial charge in [0.25, 0.3) is 0 Å². The first kappa shape index (κ1) is 18.4. The monoisotopic (exact) mass is 444 g/mol. The van der Waals surface area contributed by atoms with Gasteiger partial charge in [0.1, 0.15) is 5.15 Å². The lowest BCUT2D eigenvalue weighted by Gasteiger charge is -2.08. The summed E-state index contributed by atoms with van der Waals surface area (Å²) in [6.07, 6.45) is 0. The average molecular weight is 445 g/mol. The maximum atomic E-state index is 6.54. The molecule has 0 saturated heterocycles. The maximum absolute atomic E-state index is 6.54. The fraction of sp³-hybridized carbons (Fsp3) is 0. The zero-order valence-corrected chi connectivity index (χ0v) is 18.2. The number of hydrogen-bond donors (Lipinski definition) is 2. The summed E-state index contributed by atoms with van der Waals surface area (Å²) in [5.41, 5.74) is 6.96. The number of aromatic nitrogens is 4. The van der Waals surface area contributed by atoms with Crippen molar-refractivity contribution >= 4 is 55.2 Å². The van der Waals surface area contributed by atoms with Crippen LogP contribution in [0, 0.1) is 0 Å². The second-order valence-electron chi connectivity index (χ2n) is 8.20. The van der Waals surface area contributed by atoms with Crippen LogP contribution in [0.25, 0.3) is 66.3 Å². The van der Waals surface area contributed by atoms with Gasteiger partial charge in [0, 0.05) is 49.8 Å². The minimum atomic E-state index is 0.413. The zero-order valence-electron chi connectivity index (χ0n) is 17.4. The number of nitrogens with zero attached hydrogens (tertiary/aromatic N) is 2. The third kappa shape index (κ3) is 2.78. The van der Waals surface area contributed by atoms with Gasteiger partial charge in [-0.25, -0.2) is 9.97 Å².